The summed E-state index contributed by atoms with van der Waals surface area (Å²) >= 11 is 0. The first kappa shape index (κ1) is 11.4. The highest BCUT2D eigenvalue weighted by Crippen LogP contribution is 2.19. The zero-order chi connectivity index (χ0) is 11.5. The summed E-state index contributed by atoms with van der Waals surface area (Å²) in [6, 6.07) is -0.0265. The molecule has 0 spiro atoms. The number of piperidine rings is 1. The normalized spacial score (nSPS) is 27.0. The van der Waals surface area contributed by atoms with Gasteiger partial charge in [0, 0.05) is 13.1 Å². The van der Waals surface area contributed by atoms with E-state index in [4.69, 9.17) is 5.11 Å². The molecular formula is C11H18N2O3. The van der Waals surface area contributed by atoms with Gasteiger partial charge in [-0.05, 0) is 32.2 Å². The van der Waals surface area contributed by atoms with E-state index in [1.807, 2.05) is 4.90 Å². The molecule has 2 saturated heterocycles. The van der Waals surface area contributed by atoms with Gasteiger partial charge in [0.2, 0.25) is 5.91 Å². The Hall–Kier alpha value is -1.10. The summed E-state index contributed by atoms with van der Waals surface area (Å²) in [5, 5.41) is 12.0. The lowest BCUT2D eigenvalue weighted by Gasteiger charge is -2.31. The molecule has 2 aliphatic rings. The van der Waals surface area contributed by atoms with Gasteiger partial charge in [0.1, 0.15) is 0 Å². The van der Waals surface area contributed by atoms with Crippen LogP contribution in [0.4, 0.5) is 0 Å². The number of nitrogens with zero attached hydrogens (tertiary/aromatic N) is 1. The van der Waals surface area contributed by atoms with Gasteiger partial charge in [-0.1, -0.05) is 0 Å². The van der Waals surface area contributed by atoms with Crippen molar-refractivity contribution in [1.29, 1.82) is 0 Å². The van der Waals surface area contributed by atoms with E-state index < -0.39 is 5.97 Å². The van der Waals surface area contributed by atoms with Crippen LogP contribution in [-0.4, -0.2) is 47.6 Å². The maximum atomic E-state index is 12.0. The zero-order valence-corrected chi connectivity index (χ0v) is 9.32. The van der Waals surface area contributed by atoms with E-state index in [9.17, 15) is 9.59 Å². The molecule has 1 amide bonds. The predicted octanol–water partition coefficient (Wildman–Crippen LogP) is 0.0616. The van der Waals surface area contributed by atoms with E-state index in [1.165, 1.54) is 0 Å². The van der Waals surface area contributed by atoms with Crippen LogP contribution in [0.3, 0.4) is 0 Å². The molecule has 0 saturated carbocycles. The molecule has 2 aliphatic heterocycles. The fraction of sp³-hybridized carbons (Fsp3) is 0.818. The van der Waals surface area contributed by atoms with Gasteiger partial charge in [-0.25, -0.2) is 0 Å². The van der Waals surface area contributed by atoms with Crippen LogP contribution < -0.4 is 5.32 Å². The van der Waals surface area contributed by atoms with Crippen LogP contribution in [0.15, 0.2) is 0 Å². The molecule has 1 unspecified atom stereocenters. The number of carbonyl (C=O) groups excluding carboxylic acids is 1. The Morgan fingerprint density at radius 3 is 2.38 bits per heavy atom. The quantitative estimate of drug-likeness (QED) is 0.698. The first-order valence-electron chi connectivity index (χ1n) is 5.93. The summed E-state index contributed by atoms with van der Waals surface area (Å²) in [6.45, 7) is 2.10. The molecule has 0 aliphatic carbocycles. The molecule has 2 heterocycles. The standard InChI is InChI=1S/C11H18N2O3/c14-10(9-2-1-5-12-9)13-6-3-8(4-7-13)11(15)16/h8-9,12H,1-7H2,(H,15,16). The maximum absolute atomic E-state index is 12.0. The summed E-state index contributed by atoms with van der Waals surface area (Å²) in [7, 11) is 0. The molecule has 0 bridgehead atoms. The maximum Gasteiger partial charge on any atom is 0.306 e. The van der Waals surface area contributed by atoms with Gasteiger partial charge < -0.3 is 15.3 Å². The van der Waals surface area contributed by atoms with Crippen molar-refractivity contribution < 1.29 is 14.7 Å². The molecule has 0 radical (unpaired) electrons. The molecule has 0 aromatic rings. The van der Waals surface area contributed by atoms with E-state index in [0.29, 0.717) is 25.9 Å². The molecule has 2 N–H and O–H groups in total. The van der Waals surface area contributed by atoms with Crippen molar-refractivity contribution in [3.8, 4) is 0 Å². The molecule has 5 heteroatoms. The van der Waals surface area contributed by atoms with Crippen molar-refractivity contribution in [2.24, 2.45) is 5.92 Å². The number of amides is 1. The third-order valence-corrected chi connectivity index (χ3v) is 3.51. The third-order valence-electron chi connectivity index (χ3n) is 3.51. The van der Waals surface area contributed by atoms with Gasteiger partial charge in [-0.2, -0.15) is 0 Å². The topological polar surface area (TPSA) is 69.6 Å². The third kappa shape index (κ3) is 2.35. The molecule has 5 nitrogen and oxygen atoms in total. The minimum absolute atomic E-state index is 0.0265. The fourth-order valence-electron chi connectivity index (χ4n) is 2.46. The van der Waals surface area contributed by atoms with Crippen molar-refractivity contribution >= 4 is 11.9 Å². The van der Waals surface area contributed by atoms with Crippen LogP contribution in [0.5, 0.6) is 0 Å². The number of carbonyl (C=O) groups is 2. The smallest absolute Gasteiger partial charge is 0.306 e. The molecule has 0 aromatic carbocycles. The van der Waals surface area contributed by atoms with Crippen LogP contribution in [0.2, 0.25) is 0 Å². The second-order valence-electron chi connectivity index (χ2n) is 4.59. The number of carboxylic acid groups (broad SMARTS) is 1. The Morgan fingerprint density at radius 2 is 1.88 bits per heavy atom. The summed E-state index contributed by atoms with van der Waals surface area (Å²) in [4.78, 5) is 24.6. The average molecular weight is 226 g/mol. The Kier molecular flexibility index (Phi) is 3.43. The summed E-state index contributed by atoms with van der Waals surface area (Å²) in [5.74, 6) is -0.840. The van der Waals surface area contributed by atoms with Crippen LogP contribution >= 0.6 is 0 Å². The fourth-order valence-corrected chi connectivity index (χ4v) is 2.46. The van der Waals surface area contributed by atoms with E-state index in [1.54, 1.807) is 0 Å². The van der Waals surface area contributed by atoms with Gasteiger partial charge in [0.15, 0.2) is 0 Å². The van der Waals surface area contributed by atoms with Gasteiger partial charge >= 0.3 is 5.97 Å². The minimum Gasteiger partial charge on any atom is -0.481 e. The SMILES string of the molecule is O=C(O)C1CCN(C(=O)C2CCCN2)CC1. The molecule has 2 rings (SSSR count). The minimum atomic E-state index is -0.730. The molecule has 16 heavy (non-hydrogen) atoms. The van der Waals surface area contributed by atoms with Crippen LogP contribution in [0, 0.1) is 5.92 Å². The zero-order valence-electron chi connectivity index (χ0n) is 9.32. The van der Waals surface area contributed by atoms with E-state index in [0.717, 1.165) is 19.4 Å². The largest absolute Gasteiger partial charge is 0.481 e. The van der Waals surface area contributed by atoms with Crippen molar-refractivity contribution in [2.45, 2.75) is 31.7 Å². The van der Waals surface area contributed by atoms with Crippen LogP contribution in [0.1, 0.15) is 25.7 Å². The lowest BCUT2D eigenvalue weighted by molar-refractivity contribution is -0.146. The number of aliphatic carboxylic acids is 1. The summed E-state index contributed by atoms with van der Waals surface area (Å²) in [5.41, 5.74) is 0. The average Bonchev–Trinajstić information content (AvgIpc) is 2.81. The molecular weight excluding hydrogens is 208 g/mol. The molecule has 0 aromatic heterocycles. The summed E-state index contributed by atoms with van der Waals surface area (Å²) in [6.07, 6.45) is 3.15. The van der Waals surface area contributed by atoms with Crippen LogP contribution in [-0.2, 0) is 9.59 Å². The van der Waals surface area contributed by atoms with Crippen molar-refractivity contribution in [3.05, 3.63) is 0 Å². The lowest BCUT2D eigenvalue weighted by Crippen LogP contribution is -2.47. The van der Waals surface area contributed by atoms with Gasteiger partial charge in [0.25, 0.3) is 0 Å². The van der Waals surface area contributed by atoms with Crippen molar-refractivity contribution in [1.82, 2.24) is 10.2 Å². The highest BCUT2D eigenvalue weighted by atomic mass is 16.4. The first-order chi connectivity index (χ1) is 7.68. The van der Waals surface area contributed by atoms with E-state index in [2.05, 4.69) is 5.32 Å². The predicted molar refractivity (Wildman–Crippen MR) is 58.0 cm³/mol. The van der Waals surface area contributed by atoms with Crippen LogP contribution in [0.25, 0.3) is 0 Å². The molecule has 1 atom stereocenters. The molecule has 2 fully saturated rings. The van der Waals surface area contributed by atoms with Gasteiger partial charge in [-0.15, -0.1) is 0 Å². The summed E-state index contributed by atoms with van der Waals surface area (Å²) < 4.78 is 0. The monoisotopic (exact) mass is 226 g/mol. The number of carboxylic acids is 1. The van der Waals surface area contributed by atoms with Crippen molar-refractivity contribution in [2.75, 3.05) is 19.6 Å². The molecule has 90 valence electrons. The number of rotatable bonds is 2. The highest BCUT2D eigenvalue weighted by Gasteiger charge is 2.31. The Balaban J connectivity index is 1.84. The van der Waals surface area contributed by atoms with Gasteiger partial charge in [0.05, 0.1) is 12.0 Å². The Bertz CT molecular complexity index is 279. The first-order valence-corrected chi connectivity index (χ1v) is 5.93. The van der Waals surface area contributed by atoms with Crippen molar-refractivity contribution in [3.63, 3.8) is 0 Å². The highest BCUT2D eigenvalue weighted by molar-refractivity contribution is 5.82. The lowest BCUT2D eigenvalue weighted by atomic mass is 9.96. The number of likely N-dealkylation sites (tertiary alicyclic amines) is 1. The number of hydrogen-bond acceptors (Lipinski definition) is 3. The number of nitrogens with one attached hydrogen (secondary N) is 1. The van der Waals surface area contributed by atoms with E-state index >= 15 is 0 Å². The van der Waals surface area contributed by atoms with E-state index in [-0.39, 0.29) is 17.9 Å². The second kappa shape index (κ2) is 4.82. The Morgan fingerprint density at radius 1 is 1.19 bits per heavy atom. The van der Waals surface area contributed by atoms with Gasteiger partial charge in [-0.3, -0.25) is 9.59 Å². The number of hydrogen-bond donors (Lipinski definition) is 2. The second-order valence-corrected chi connectivity index (χ2v) is 4.59. The Labute approximate surface area is 94.8 Å².